The summed E-state index contributed by atoms with van der Waals surface area (Å²) in [6, 6.07) is 12.5. The van der Waals surface area contributed by atoms with Crippen LogP contribution in [0.5, 0.6) is 5.88 Å². The molecule has 6 heteroatoms. The van der Waals surface area contributed by atoms with Crippen molar-refractivity contribution in [2.45, 2.75) is 12.5 Å². The summed E-state index contributed by atoms with van der Waals surface area (Å²) in [5, 5.41) is 2.88. The van der Waals surface area contributed by atoms with Gasteiger partial charge in [0.05, 0.1) is 13.2 Å². The van der Waals surface area contributed by atoms with E-state index in [-0.39, 0.29) is 30.2 Å². The molecule has 1 N–H and O–H groups in total. The first-order valence-corrected chi connectivity index (χ1v) is 7.34. The molecule has 0 spiro atoms. The number of aromatic nitrogens is 1. The van der Waals surface area contributed by atoms with Crippen molar-refractivity contribution in [3.8, 4) is 5.88 Å². The first-order chi connectivity index (χ1) is 11.2. The van der Waals surface area contributed by atoms with Crippen molar-refractivity contribution in [3.63, 3.8) is 0 Å². The highest BCUT2D eigenvalue weighted by Gasteiger charge is 2.32. The fourth-order valence-corrected chi connectivity index (χ4v) is 2.65. The van der Waals surface area contributed by atoms with Gasteiger partial charge in [0.1, 0.15) is 5.56 Å². The SMILES string of the molecule is COc1ncccc1C(=O)NC1CC(=O)N(c2ccccc2)C1. The van der Waals surface area contributed by atoms with Crippen LogP contribution in [-0.2, 0) is 4.79 Å². The van der Waals surface area contributed by atoms with Crippen molar-refractivity contribution < 1.29 is 14.3 Å². The second-order valence-electron chi connectivity index (χ2n) is 5.27. The molecule has 1 aliphatic heterocycles. The number of hydrogen-bond acceptors (Lipinski definition) is 4. The van der Waals surface area contributed by atoms with Crippen molar-refractivity contribution >= 4 is 17.5 Å². The maximum absolute atomic E-state index is 12.4. The van der Waals surface area contributed by atoms with Crippen LogP contribution in [0, 0.1) is 0 Å². The Morgan fingerprint density at radius 1 is 1.26 bits per heavy atom. The zero-order valence-corrected chi connectivity index (χ0v) is 12.7. The second kappa shape index (κ2) is 6.48. The zero-order chi connectivity index (χ0) is 16.2. The number of hydrogen-bond donors (Lipinski definition) is 1. The monoisotopic (exact) mass is 311 g/mol. The summed E-state index contributed by atoms with van der Waals surface area (Å²) in [4.78, 5) is 30.2. The van der Waals surface area contributed by atoms with Gasteiger partial charge in [0.15, 0.2) is 0 Å². The van der Waals surface area contributed by atoms with Gasteiger partial charge in [-0.2, -0.15) is 0 Å². The van der Waals surface area contributed by atoms with Crippen LogP contribution < -0.4 is 15.0 Å². The maximum Gasteiger partial charge on any atom is 0.257 e. The van der Waals surface area contributed by atoms with Crippen LogP contribution in [-0.4, -0.2) is 36.5 Å². The molecule has 2 aromatic rings. The standard InChI is InChI=1S/C17H17N3O3/c1-23-17-14(8-5-9-18-17)16(22)19-12-10-15(21)20(11-12)13-6-3-2-4-7-13/h2-9,12H,10-11H2,1H3,(H,19,22). The van der Waals surface area contributed by atoms with Gasteiger partial charge in [-0.25, -0.2) is 4.98 Å². The number of pyridine rings is 1. The van der Waals surface area contributed by atoms with Crippen molar-refractivity contribution in [3.05, 3.63) is 54.2 Å². The van der Waals surface area contributed by atoms with Crippen molar-refractivity contribution in [1.29, 1.82) is 0 Å². The maximum atomic E-state index is 12.4. The van der Waals surface area contributed by atoms with Crippen LogP contribution in [0.25, 0.3) is 0 Å². The zero-order valence-electron chi connectivity index (χ0n) is 12.7. The minimum atomic E-state index is -0.289. The van der Waals surface area contributed by atoms with Gasteiger partial charge in [-0.15, -0.1) is 0 Å². The highest BCUT2D eigenvalue weighted by atomic mass is 16.5. The van der Waals surface area contributed by atoms with E-state index in [9.17, 15) is 9.59 Å². The molecule has 1 aromatic carbocycles. The van der Waals surface area contributed by atoms with Crippen LogP contribution in [0.15, 0.2) is 48.7 Å². The lowest BCUT2D eigenvalue weighted by Gasteiger charge is -2.17. The van der Waals surface area contributed by atoms with Gasteiger partial charge in [-0.05, 0) is 24.3 Å². The van der Waals surface area contributed by atoms with Gasteiger partial charge in [-0.1, -0.05) is 18.2 Å². The van der Waals surface area contributed by atoms with Crippen LogP contribution in [0.1, 0.15) is 16.8 Å². The highest BCUT2D eigenvalue weighted by molar-refractivity contribution is 5.99. The lowest BCUT2D eigenvalue weighted by Crippen LogP contribution is -2.37. The summed E-state index contributed by atoms with van der Waals surface area (Å²) in [6.07, 6.45) is 1.84. The Hall–Kier alpha value is -2.89. The third-order valence-electron chi connectivity index (χ3n) is 3.74. The number of nitrogens with zero attached hydrogens (tertiary/aromatic N) is 2. The van der Waals surface area contributed by atoms with Gasteiger partial charge < -0.3 is 15.0 Å². The number of methoxy groups -OCH3 is 1. The molecule has 1 saturated heterocycles. The number of para-hydroxylation sites is 1. The van der Waals surface area contributed by atoms with E-state index in [1.165, 1.54) is 7.11 Å². The number of benzene rings is 1. The molecule has 0 saturated carbocycles. The Kier molecular flexibility index (Phi) is 4.23. The van der Waals surface area contributed by atoms with E-state index in [1.807, 2.05) is 30.3 Å². The molecule has 6 nitrogen and oxygen atoms in total. The average Bonchev–Trinajstić information content (AvgIpc) is 2.95. The smallest absolute Gasteiger partial charge is 0.257 e. The molecule has 3 rings (SSSR count). The fraction of sp³-hybridized carbons (Fsp3) is 0.235. The molecule has 0 radical (unpaired) electrons. The number of rotatable bonds is 4. The largest absolute Gasteiger partial charge is 0.480 e. The van der Waals surface area contributed by atoms with E-state index in [4.69, 9.17) is 4.74 Å². The van der Waals surface area contributed by atoms with E-state index in [2.05, 4.69) is 10.3 Å². The van der Waals surface area contributed by atoms with E-state index >= 15 is 0 Å². The lowest BCUT2D eigenvalue weighted by atomic mass is 10.2. The Balaban J connectivity index is 1.70. The van der Waals surface area contributed by atoms with E-state index in [0.717, 1.165) is 5.69 Å². The van der Waals surface area contributed by atoms with Crippen LogP contribution >= 0.6 is 0 Å². The number of carbonyl (C=O) groups is 2. The summed E-state index contributed by atoms with van der Waals surface area (Å²) in [5.41, 5.74) is 1.20. The second-order valence-corrected chi connectivity index (χ2v) is 5.27. The molecular weight excluding hydrogens is 294 g/mol. The molecule has 1 fully saturated rings. The number of anilines is 1. The van der Waals surface area contributed by atoms with Crippen molar-refractivity contribution in [1.82, 2.24) is 10.3 Å². The summed E-state index contributed by atoms with van der Waals surface area (Å²) in [6.45, 7) is 0.456. The molecule has 1 aliphatic rings. The summed E-state index contributed by atoms with van der Waals surface area (Å²) in [7, 11) is 1.47. The molecule has 1 atom stereocenters. The van der Waals surface area contributed by atoms with Crippen molar-refractivity contribution in [2.24, 2.45) is 0 Å². The number of amides is 2. The lowest BCUT2D eigenvalue weighted by molar-refractivity contribution is -0.117. The number of carbonyl (C=O) groups excluding carboxylic acids is 2. The molecular formula is C17H17N3O3. The van der Waals surface area contributed by atoms with Crippen LogP contribution in [0.3, 0.4) is 0 Å². The minimum Gasteiger partial charge on any atom is -0.480 e. The highest BCUT2D eigenvalue weighted by Crippen LogP contribution is 2.22. The minimum absolute atomic E-state index is 0.000323. The van der Waals surface area contributed by atoms with E-state index < -0.39 is 0 Å². The first kappa shape index (κ1) is 15.0. The van der Waals surface area contributed by atoms with Gasteiger partial charge in [-0.3, -0.25) is 9.59 Å². The normalized spacial score (nSPS) is 17.2. The molecule has 23 heavy (non-hydrogen) atoms. The van der Waals surface area contributed by atoms with Gasteiger partial charge in [0, 0.05) is 24.8 Å². The molecule has 2 amide bonds. The Labute approximate surface area is 134 Å². The third-order valence-corrected chi connectivity index (χ3v) is 3.74. The van der Waals surface area contributed by atoms with Gasteiger partial charge in [0.2, 0.25) is 11.8 Å². The Morgan fingerprint density at radius 2 is 2.04 bits per heavy atom. The quantitative estimate of drug-likeness (QED) is 0.931. The molecule has 118 valence electrons. The van der Waals surface area contributed by atoms with Crippen LogP contribution in [0.4, 0.5) is 5.69 Å². The fourth-order valence-electron chi connectivity index (χ4n) is 2.65. The third kappa shape index (κ3) is 3.15. The number of nitrogens with one attached hydrogen (secondary N) is 1. The molecule has 2 heterocycles. The van der Waals surface area contributed by atoms with Gasteiger partial charge in [0.25, 0.3) is 5.91 Å². The molecule has 0 aliphatic carbocycles. The first-order valence-electron chi connectivity index (χ1n) is 7.34. The van der Waals surface area contributed by atoms with Gasteiger partial charge >= 0.3 is 0 Å². The van der Waals surface area contributed by atoms with Crippen molar-refractivity contribution in [2.75, 3.05) is 18.6 Å². The molecule has 1 aromatic heterocycles. The topological polar surface area (TPSA) is 71.5 Å². The molecule has 0 bridgehead atoms. The predicted octanol–water partition coefficient (Wildman–Crippen LogP) is 1.63. The predicted molar refractivity (Wildman–Crippen MR) is 85.5 cm³/mol. The van der Waals surface area contributed by atoms with E-state index in [0.29, 0.717) is 12.1 Å². The van der Waals surface area contributed by atoms with E-state index in [1.54, 1.807) is 23.2 Å². The summed E-state index contributed by atoms with van der Waals surface area (Å²) >= 11 is 0. The molecule has 1 unspecified atom stereocenters. The van der Waals surface area contributed by atoms with Crippen LogP contribution in [0.2, 0.25) is 0 Å². The Morgan fingerprint density at radius 3 is 2.78 bits per heavy atom. The summed E-state index contributed by atoms with van der Waals surface area (Å²) in [5.74, 6) is -0.0171. The average molecular weight is 311 g/mol. The summed E-state index contributed by atoms with van der Waals surface area (Å²) < 4.78 is 5.09. The number of ether oxygens (including phenoxy) is 1. The Bertz CT molecular complexity index is 718.